The molecule has 1 N–H and O–H groups in total. The number of aryl methyl sites for hydroxylation is 2. The van der Waals surface area contributed by atoms with Crippen molar-refractivity contribution in [3.8, 4) is 11.1 Å². The lowest BCUT2D eigenvalue weighted by molar-refractivity contribution is -0.118. The maximum atomic E-state index is 11.7. The Balaban J connectivity index is 1.87. The topological polar surface area (TPSA) is 42.0 Å². The Kier molecular flexibility index (Phi) is 4.30. The largest absolute Gasteiger partial charge is 0.310 e. The first kappa shape index (κ1) is 15.2. The second-order valence-corrected chi connectivity index (χ2v) is 7.53. The Hall–Kier alpha value is -1.68. The number of nitrogens with one attached hydrogen (secondary N) is 1. The quantitative estimate of drug-likeness (QED) is 0.900. The van der Waals surface area contributed by atoms with E-state index >= 15 is 0 Å². The van der Waals surface area contributed by atoms with Crippen molar-refractivity contribution in [3.63, 3.8) is 0 Å². The summed E-state index contributed by atoms with van der Waals surface area (Å²) in [6.07, 6.45) is 6.88. The van der Waals surface area contributed by atoms with Gasteiger partial charge in [-0.1, -0.05) is 13.8 Å². The minimum atomic E-state index is -0.0346. The van der Waals surface area contributed by atoms with E-state index in [-0.39, 0.29) is 11.8 Å². The molecule has 3 rings (SSSR count). The number of rotatable bonds is 3. The van der Waals surface area contributed by atoms with E-state index in [0.29, 0.717) is 5.82 Å². The second kappa shape index (κ2) is 6.21. The fourth-order valence-electron chi connectivity index (χ4n) is 2.97. The summed E-state index contributed by atoms with van der Waals surface area (Å²) < 4.78 is 0. The molecular weight excluding hydrogens is 292 g/mol. The molecule has 0 spiro atoms. The smallest absolute Gasteiger partial charge is 0.228 e. The number of thiophene rings is 1. The standard InChI is InChI=1S/C18H22N2OS/c1-11(2)18(21)20-16-9-8-13(10-19-16)17-12(3)22-15-7-5-4-6-14(15)17/h8-11H,4-7H2,1-3H3,(H,19,20,21). The number of pyridine rings is 1. The zero-order valence-corrected chi connectivity index (χ0v) is 14.2. The third-order valence-corrected chi connectivity index (χ3v) is 5.38. The van der Waals surface area contributed by atoms with Crippen molar-refractivity contribution in [1.82, 2.24) is 4.98 Å². The van der Waals surface area contributed by atoms with Crippen LogP contribution in [0.25, 0.3) is 11.1 Å². The number of anilines is 1. The van der Waals surface area contributed by atoms with Gasteiger partial charge in [0.2, 0.25) is 5.91 Å². The Morgan fingerprint density at radius 3 is 2.73 bits per heavy atom. The summed E-state index contributed by atoms with van der Waals surface area (Å²) in [6, 6.07) is 3.98. The second-order valence-electron chi connectivity index (χ2n) is 6.22. The first-order valence-electron chi connectivity index (χ1n) is 7.94. The van der Waals surface area contributed by atoms with Gasteiger partial charge in [-0.15, -0.1) is 11.3 Å². The maximum absolute atomic E-state index is 11.7. The molecule has 1 aliphatic carbocycles. The molecule has 116 valence electrons. The lowest BCUT2D eigenvalue weighted by Crippen LogP contribution is -2.18. The van der Waals surface area contributed by atoms with E-state index in [9.17, 15) is 4.79 Å². The van der Waals surface area contributed by atoms with Crippen molar-refractivity contribution < 1.29 is 4.79 Å². The van der Waals surface area contributed by atoms with Gasteiger partial charge in [0, 0.05) is 33.0 Å². The third-order valence-electron chi connectivity index (χ3n) is 4.18. The Morgan fingerprint density at radius 2 is 2.05 bits per heavy atom. The molecule has 0 atom stereocenters. The lowest BCUT2D eigenvalue weighted by atomic mass is 9.92. The Morgan fingerprint density at radius 1 is 1.27 bits per heavy atom. The van der Waals surface area contributed by atoms with Gasteiger partial charge in [0.25, 0.3) is 0 Å². The highest BCUT2D eigenvalue weighted by Gasteiger charge is 2.20. The van der Waals surface area contributed by atoms with Gasteiger partial charge in [0.15, 0.2) is 0 Å². The maximum Gasteiger partial charge on any atom is 0.228 e. The van der Waals surface area contributed by atoms with Crippen LogP contribution in [0.1, 0.15) is 42.0 Å². The molecule has 0 saturated carbocycles. The number of carbonyl (C=O) groups excluding carboxylic acids is 1. The minimum Gasteiger partial charge on any atom is -0.310 e. The number of fused-ring (bicyclic) bond motifs is 1. The zero-order chi connectivity index (χ0) is 15.7. The first-order valence-corrected chi connectivity index (χ1v) is 8.76. The van der Waals surface area contributed by atoms with Crippen molar-refractivity contribution in [2.45, 2.75) is 46.5 Å². The van der Waals surface area contributed by atoms with E-state index in [1.54, 1.807) is 4.88 Å². The van der Waals surface area contributed by atoms with Crippen LogP contribution in [0, 0.1) is 12.8 Å². The summed E-state index contributed by atoms with van der Waals surface area (Å²) in [4.78, 5) is 19.1. The molecule has 4 heteroatoms. The van der Waals surface area contributed by atoms with Crippen LogP contribution in [0.2, 0.25) is 0 Å². The summed E-state index contributed by atoms with van der Waals surface area (Å²) in [5.41, 5.74) is 4.06. The molecular formula is C18H22N2OS. The van der Waals surface area contributed by atoms with Gasteiger partial charge in [-0.25, -0.2) is 4.98 Å². The van der Waals surface area contributed by atoms with Crippen molar-refractivity contribution in [1.29, 1.82) is 0 Å². The third kappa shape index (κ3) is 2.93. The van der Waals surface area contributed by atoms with E-state index in [0.717, 1.165) is 0 Å². The number of aromatic nitrogens is 1. The molecule has 0 aliphatic heterocycles. The molecule has 0 aromatic carbocycles. The molecule has 0 unspecified atom stereocenters. The van der Waals surface area contributed by atoms with E-state index < -0.39 is 0 Å². The molecule has 3 nitrogen and oxygen atoms in total. The van der Waals surface area contributed by atoms with Crippen LogP contribution in [0.3, 0.4) is 0 Å². The molecule has 0 radical (unpaired) electrons. The molecule has 0 bridgehead atoms. The summed E-state index contributed by atoms with van der Waals surface area (Å²) in [5, 5.41) is 2.84. The fraction of sp³-hybridized carbons (Fsp3) is 0.444. The Labute approximate surface area is 135 Å². The van der Waals surface area contributed by atoms with Gasteiger partial charge in [-0.2, -0.15) is 0 Å². The van der Waals surface area contributed by atoms with Gasteiger partial charge in [0.1, 0.15) is 5.82 Å². The lowest BCUT2D eigenvalue weighted by Gasteiger charge is -2.13. The average Bonchev–Trinajstić information content (AvgIpc) is 2.84. The van der Waals surface area contributed by atoms with Crippen molar-refractivity contribution in [2.24, 2.45) is 5.92 Å². The molecule has 0 saturated heterocycles. The monoisotopic (exact) mass is 314 g/mol. The van der Waals surface area contributed by atoms with Crippen molar-refractivity contribution >= 4 is 23.1 Å². The van der Waals surface area contributed by atoms with E-state index in [2.05, 4.69) is 23.3 Å². The van der Waals surface area contributed by atoms with Crippen LogP contribution in [0.4, 0.5) is 5.82 Å². The van der Waals surface area contributed by atoms with E-state index in [1.807, 2.05) is 37.4 Å². The predicted molar refractivity (Wildman–Crippen MR) is 92.4 cm³/mol. The van der Waals surface area contributed by atoms with E-state index in [4.69, 9.17) is 0 Å². The fourth-order valence-corrected chi connectivity index (χ4v) is 4.25. The summed E-state index contributed by atoms with van der Waals surface area (Å²) in [6.45, 7) is 5.96. The number of hydrogen-bond acceptors (Lipinski definition) is 3. The summed E-state index contributed by atoms with van der Waals surface area (Å²) >= 11 is 1.93. The molecule has 22 heavy (non-hydrogen) atoms. The molecule has 0 fully saturated rings. The number of hydrogen-bond donors (Lipinski definition) is 1. The minimum absolute atomic E-state index is 0.00402. The number of nitrogens with zero attached hydrogens (tertiary/aromatic N) is 1. The van der Waals surface area contributed by atoms with Gasteiger partial charge in [-0.3, -0.25) is 4.79 Å². The SMILES string of the molecule is Cc1sc2c(c1-c1ccc(NC(=O)C(C)C)nc1)CCCC2. The summed E-state index contributed by atoms with van der Waals surface area (Å²) in [7, 11) is 0. The molecule has 1 aliphatic rings. The molecule has 2 heterocycles. The molecule has 2 aromatic rings. The van der Waals surface area contributed by atoms with Crippen LogP contribution in [-0.4, -0.2) is 10.9 Å². The number of amides is 1. The highest BCUT2D eigenvalue weighted by Crippen LogP contribution is 2.40. The van der Waals surface area contributed by atoms with Gasteiger partial charge >= 0.3 is 0 Å². The Bertz CT molecular complexity index is 686. The highest BCUT2D eigenvalue weighted by molar-refractivity contribution is 7.12. The van der Waals surface area contributed by atoms with Crippen LogP contribution in [0.15, 0.2) is 18.3 Å². The zero-order valence-electron chi connectivity index (χ0n) is 13.4. The molecule has 1 amide bonds. The van der Waals surface area contributed by atoms with Crippen LogP contribution in [0.5, 0.6) is 0 Å². The van der Waals surface area contributed by atoms with Gasteiger partial charge in [-0.05, 0) is 50.3 Å². The van der Waals surface area contributed by atoms with Gasteiger partial charge in [0.05, 0.1) is 0 Å². The van der Waals surface area contributed by atoms with Crippen molar-refractivity contribution in [3.05, 3.63) is 33.6 Å². The van der Waals surface area contributed by atoms with Gasteiger partial charge < -0.3 is 5.32 Å². The van der Waals surface area contributed by atoms with Crippen molar-refractivity contribution in [2.75, 3.05) is 5.32 Å². The van der Waals surface area contributed by atoms with Crippen LogP contribution >= 0.6 is 11.3 Å². The molecule has 2 aromatic heterocycles. The van der Waals surface area contributed by atoms with E-state index in [1.165, 1.54) is 47.3 Å². The normalized spacial score (nSPS) is 14.0. The first-order chi connectivity index (χ1) is 10.6. The summed E-state index contributed by atoms with van der Waals surface area (Å²) in [5.74, 6) is 0.598. The highest BCUT2D eigenvalue weighted by atomic mass is 32.1. The average molecular weight is 314 g/mol. The van der Waals surface area contributed by atoms with Crippen LogP contribution < -0.4 is 5.32 Å². The number of carbonyl (C=O) groups is 1. The van der Waals surface area contributed by atoms with Crippen LogP contribution in [-0.2, 0) is 17.6 Å². The predicted octanol–water partition coefficient (Wildman–Crippen LogP) is 4.59.